The summed E-state index contributed by atoms with van der Waals surface area (Å²) in [4.78, 5) is 16.6. The molecule has 0 fully saturated rings. The van der Waals surface area contributed by atoms with Crippen molar-refractivity contribution in [1.29, 1.82) is 0 Å². The Morgan fingerprint density at radius 3 is 2.53 bits per heavy atom. The van der Waals surface area contributed by atoms with Gasteiger partial charge in [0.15, 0.2) is 11.5 Å². The Balaban J connectivity index is 1.71. The van der Waals surface area contributed by atoms with E-state index in [-0.39, 0.29) is 24.5 Å². The third kappa shape index (κ3) is 5.52. The van der Waals surface area contributed by atoms with Crippen molar-refractivity contribution in [1.82, 2.24) is 14.9 Å². The van der Waals surface area contributed by atoms with Crippen LogP contribution in [0.1, 0.15) is 32.0 Å². The van der Waals surface area contributed by atoms with Crippen molar-refractivity contribution in [3.8, 4) is 11.5 Å². The molecule has 3 rings (SSSR count). The van der Waals surface area contributed by atoms with Crippen molar-refractivity contribution >= 4 is 16.9 Å². The molecule has 0 saturated carbocycles. The molecule has 6 nitrogen and oxygen atoms in total. The molecule has 0 aliphatic rings. The second-order valence-corrected chi connectivity index (χ2v) is 7.35. The molecule has 1 atom stereocenters. The maximum Gasteiger partial charge on any atom is 0.431 e. The van der Waals surface area contributed by atoms with E-state index >= 15 is 0 Å². The number of hydrogen-bond acceptors (Lipinski definition) is 4. The molecule has 2 heterocycles. The molecule has 0 unspecified atom stereocenters. The van der Waals surface area contributed by atoms with E-state index in [1.807, 2.05) is 13.8 Å². The summed E-state index contributed by atoms with van der Waals surface area (Å²) in [5.74, 6) is 0.841. The van der Waals surface area contributed by atoms with Gasteiger partial charge in [-0.05, 0) is 56.7 Å². The number of ether oxygens (including phenoxy) is 2. The predicted octanol–water partition coefficient (Wildman–Crippen LogP) is 4.60. The normalized spacial score (nSPS) is 12.6. The zero-order chi connectivity index (χ0) is 23.3. The number of halogens is 3. The van der Waals surface area contributed by atoms with Gasteiger partial charge in [-0.15, -0.1) is 0 Å². The molecule has 2 aromatic heterocycles. The topological polar surface area (TPSA) is 65.4 Å². The van der Waals surface area contributed by atoms with Crippen molar-refractivity contribution < 1.29 is 27.4 Å². The predicted molar refractivity (Wildman–Crippen MR) is 115 cm³/mol. The standard InChI is InChI=1S/C23H26F3N3O3/c1-4-31-18-9-8-16(11-19(18)32-5-2)12-21(30)28-15(3)14-29-20(23(24,25)26)13-17-7-6-10-27-22(17)29/h6-11,13,15H,4-5,12,14H2,1-3H3,(H,28,30)/t15-/m0/s1. The van der Waals surface area contributed by atoms with E-state index in [9.17, 15) is 18.0 Å². The highest BCUT2D eigenvalue weighted by Crippen LogP contribution is 2.33. The van der Waals surface area contributed by atoms with Crippen molar-refractivity contribution in [2.24, 2.45) is 0 Å². The van der Waals surface area contributed by atoms with Crippen LogP contribution in [0.5, 0.6) is 11.5 Å². The Kier molecular flexibility index (Phi) is 7.27. The maximum atomic E-state index is 13.5. The number of rotatable bonds is 9. The van der Waals surface area contributed by atoms with Gasteiger partial charge < -0.3 is 19.4 Å². The van der Waals surface area contributed by atoms with Gasteiger partial charge in [-0.1, -0.05) is 6.07 Å². The van der Waals surface area contributed by atoms with Crippen LogP contribution in [-0.2, 0) is 23.9 Å². The Morgan fingerprint density at radius 2 is 1.84 bits per heavy atom. The minimum atomic E-state index is -4.53. The van der Waals surface area contributed by atoms with E-state index in [0.717, 1.165) is 10.6 Å². The van der Waals surface area contributed by atoms with Crippen molar-refractivity contribution in [2.45, 2.75) is 46.0 Å². The van der Waals surface area contributed by atoms with Gasteiger partial charge in [0.05, 0.1) is 19.6 Å². The molecule has 1 aromatic carbocycles. The van der Waals surface area contributed by atoms with Crippen LogP contribution in [0.15, 0.2) is 42.6 Å². The molecule has 9 heteroatoms. The summed E-state index contributed by atoms with van der Waals surface area (Å²) in [6, 6.07) is 8.95. The number of pyridine rings is 1. The SMILES string of the molecule is CCOc1ccc(CC(=O)N[C@@H](C)Cn2c(C(F)(F)F)cc3cccnc32)cc1OCC. The fourth-order valence-electron chi connectivity index (χ4n) is 3.54. The van der Waals surface area contributed by atoms with Crippen molar-refractivity contribution in [2.75, 3.05) is 13.2 Å². The summed E-state index contributed by atoms with van der Waals surface area (Å²) in [6.07, 6.45) is -3.01. The van der Waals surface area contributed by atoms with E-state index in [1.165, 1.54) is 6.20 Å². The smallest absolute Gasteiger partial charge is 0.431 e. The van der Waals surface area contributed by atoms with E-state index in [1.54, 1.807) is 37.3 Å². The molecule has 0 aliphatic carbocycles. The van der Waals surface area contributed by atoms with Gasteiger partial charge in [-0.25, -0.2) is 4.98 Å². The van der Waals surface area contributed by atoms with E-state index in [2.05, 4.69) is 10.3 Å². The van der Waals surface area contributed by atoms with E-state index in [0.29, 0.717) is 35.7 Å². The van der Waals surface area contributed by atoms with Crippen LogP contribution < -0.4 is 14.8 Å². The zero-order valence-corrected chi connectivity index (χ0v) is 18.2. The van der Waals surface area contributed by atoms with Crippen LogP contribution >= 0.6 is 0 Å². The van der Waals surface area contributed by atoms with Gasteiger partial charge in [0, 0.05) is 24.2 Å². The fraction of sp³-hybridized carbons (Fsp3) is 0.391. The molecule has 172 valence electrons. The monoisotopic (exact) mass is 449 g/mol. The first-order chi connectivity index (χ1) is 15.2. The summed E-state index contributed by atoms with van der Waals surface area (Å²) < 4.78 is 52.7. The number of nitrogens with one attached hydrogen (secondary N) is 1. The summed E-state index contributed by atoms with van der Waals surface area (Å²) in [5, 5.41) is 3.17. The van der Waals surface area contributed by atoms with Gasteiger partial charge in [-0.2, -0.15) is 13.2 Å². The maximum absolute atomic E-state index is 13.5. The molecular weight excluding hydrogens is 423 g/mol. The van der Waals surface area contributed by atoms with Gasteiger partial charge >= 0.3 is 6.18 Å². The number of amides is 1. The van der Waals surface area contributed by atoms with Crippen LogP contribution in [0.2, 0.25) is 0 Å². The summed E-state index contributed by atoms with van der Waals surface area (Å²) in [7, 11) is 0. The number of carbonyl (C=O) groups is 1. The van der Waals surface area contributed by atoms with Crippen LogP contribution in [0.25, 0.3) is 11.0 Å². The molecule has 3 aromatic rings. The second-order valence-electron chi connectivity index (χ2n) is 7.35. The Morgan fingerprint density at radius 1 is 1.12 bits per heavy atom. The number of fused-ring (bicyclic) bond motifs is 1. The first kappa shape index (κ1) is 23.4. The number of hydrogen-bond donors (Lipinski definition) is 1. The zero-order valence-electron chi connectivity index (χ0n) is 18.2. The third-order valence-corrected chi connectivity index (χ3v) is 4.78. The fourth-order valence-corrected chi connectivity index (χ4v) is 3.54. The third-order valence-electron chi connectivity index (χ3n) is 4.78. The van der Waals surface area contributed by atoms with Crippen molar-refractivity contribution in [3.05, 3.63) is 53.9 Å². The number of aromatic nitrogens is 2. The molecule has 32 heavy (non-hydrogen) atoms. The highest BCUT2D eigenvalue weighted by molar-refractivity contribution is 5.79. The quantitative estimate of drug-likeness (QED) is 0.519. The number of alkyl halides is 3. The minimum Gasteiger partial charge on any atom is -0.490 e. The second kappa shape index (κ2) is 9.93. The lowest BCUT2D eigenvalue weighted by molar-refractivity contribution is -0.143. The summed E-state index contributed by atoms with van der Waals surface area (Å²) >= 11 is 0. The molecular formula is C23H26F3N3O3. The van der Waals surface area contributed by atoms with Gasteiger partial charge in [0.2, 0.25) is 5.91 Å². The highest BCUT2D eigenvalue weighted by atomic mass is 19.4. The average molecular weight is 449 g/mol. The first-order valence-corrected chi connectivity index (χ1v) is 10.4. The average Bonchev–Trinajstić information content (AvgIpc) is 3.09. The number of nitrogens with zero attached hydrogens (tertiary/aromatic N) is 2. The van der Waals surface area contributed by atoms with Gasteiger partial charge in [0.1, 0.15) is 11.3 Å². The van der Waals surface area contributed by atoms with Crippen LogP contribution in [0, 0.1) is 0 Å². The first-order valence-electron chi connectivity index (χ1n) is 10.4. The lowest BCUT2D eigenvalue weighted by Crippen LogP contribution is -2.37. The number of carbonyl (C=O) groups excluding carboxylic acids is 1. The Hall–Kier alpha value is -3.23. The molecule has 0 bridgehead atoms. The summed E-state index contributed by atoms with van der Waals surface area (Å²) in [5.41, 5.74) is 0.152. The van der Waals surface area contributed by atoms with E-state index in [4.69, 9.17) is 9.47 Å². The van der Waals surface area contributed by atoms with Crippen LogP contribution in [0.4, 0.5) is 13.2 Å². The molecule has 1 amide bonds. The van der Waals surface area contributed by atoms with Crippen LogP contribution in [0.3, 0.4) is 0 Å². The molecule has 0 radical (unpaired) electrons. The molecule has 1 N–H and O–H groups in total. The van der Waals surface area contributed by atoms with Gasteiger partial charge in [-0.3, -0.25) is 4.79 Å². The lowest BCUT2D eigenvalue weighted by Gasteiger charge is -2.19. The van der Waals surface area contributed by atoms with Gasteiger partial charge in [0.25, 0.3) is 0 Å². The molecule has 0 spiro atoms. The number of benzene rings is 1. The minimum absolute atomic E-state index is 0.0609. The summed E-state index contributed by atoms with van der Waals surface area (Å²) in [6.45, 7) is 6.26. The van der Waals surface area contributed by atoms with Crippen molar-refractivity contribution in [3.63, 3.8) is 0 Å². The Labute approximate surface area is 184 Å². The van der Waals surface area contributed by atoms with E-state index < -0.39 is 17.9 Å². The molecule has 0 aliphatic heterocycles. The largest absolute Gasteiger partial charge is 0.490 e. The lowest BCUT2D eigenvalue weighted by atomic mass is 10.1. The molecule has 0 saturated heterocycles. The highest BCUT2D eigenvalue weighted by Gasteiger charge is 2.36. The van der Waals surface area contributed by atoms with Crippen LogP contribution in [-0.4, -0.2) is 34.7 Å². The Bertz CT molecular complexity index is 1080.